The number of likely N-dealkylation sites (N-methyl/N-ethyl adjacent to an activating group) is 1. The summed E-state index contributed by atoms with van der Waals surface area (Å²) in [5.41, 5.74) is -1.06. The first-order valence-electron chi connectivity index (χ1n) is 9.80. The van der Waals surface area contributed by atoms with Crippen molar-refractivity contribution < 1.29 is 39.9 Å². The van der Waals surface area contributed by atoms with Gasteiger partial charge in [0.25, 0.3) is 5.91 Å². The summed E-state index contributed by atoms with van der Waals surface area (Å²) < 4.78 is 0. The first-order valence-corrected chi connectivity index (χ1v) is 9.80. The van der Waals surface area contributed by atoms with Crippen LogP contribution in [0.25, 0.3) is 5.76 Å². The number of phenols is 1. The number of nitrogens with one attached hydrogen (secondary N) is 1. The number of phenolic OH excluding ortho intramolecular Hbond substituents is 1. The lowest BCUT2D eigenvalue weighted by Gasteiger charge is -2.52. The fraction of sp³-hybridized carbons (Fsp3) is 0.318. The van der Waals surface area contributed by atoms with E-state index in [0.29, 0.717) is 0 Å². The van der Waals surface area contributed by atoms with E-state index in [2.05, 4.69) is 11.9 Å². The number of Topliss-reactive ketones (excluding diaryl/α,β-unsaturated/α-hetero) is 2. The molecular weight excluding hydrogens is 420 g/mol. The molecule has 0 saturated heterocycles. The molecule has 0 aliphatic heterocycles. The number of hydrogen-bond donors (Lipinski definition) is 7. The maximum absolute atomic E-state index is 13.6. The zero-order valence-corrected chi connectivity index (χ0v) is 17.0. The van der Waals surface area contributed by atoms with Gasteiger partial charge in [0.2, 0.25) is 5.78 Å². The third kappa shape index (κ3) is 2.36. The molecule has 5 unspecified atom stereocenters. The van der Waals surface area contributed by atoms with Gasteiger partial charge >= 0.3 is 0 Å². The minimum Gasteiger partial charge on any atom is -0.508 e. The van der Waals surface area contributed by atoms with E-state index in [9.17, 15) is 39.9 Å². The lowest BCUT2D eigenvalue weighted by Crippen LogP contribution is -2.67. The second kappa shape index (κ2) is 6.76. The van der Waals surface area contributed by atoms with E-state index >= 15 is 0 Å². The van der Waals surface area contributed by atoms with Gasteiger partial charge in [0.15, 0.2) is 11.4 Å². The molecule has 1 aromatic carbocycles. The van der Waals surface area contributed by atoms with Crippen LogP contribution >= 0.6 is 0 Å². The van der Waals surface area contributed by atoms with Crippen LogP contribution in [-0.2, 0) is 20.0 Å². The number of aromatic hydroxyl groups is 1. The van der Waals surface area contributed by atoms with Crippen molar-refractivity contribution in [2.45, 2.75) is 23.7 Å². The van der Waals surface area contributed by atoms with Gasteiger partial charge < -0.3 is 36.6 Å². The van der Waals surface area contributed by atoms with Crippen LogP contribution in [-0.4, -0.2) is 61.7 Å². The minimum absolute atomic E-state index is 0.0812. The van der Waals surface area contributed by atoms with Gasteiger partial charge in [0.1, 0.15) is 28.4 Å². The topological polar surface area (TPSA) is 190 Å². The predicted molar refractivity (Wildman–Crippen MR) is 110 cm³/mol. The van der Waals surface area contributed by atoms with Crippen LogP contribution in [0.5, 0.6) is 5.75 Å². The van der Waals surface area contributed by atoms with E-state index < -0.39 is 75.0 Å². The number of carbonyl (C=O) groups is 3. The Labute approximate surface area is 182 Å². The quantitative estimate of drug-likeness (QED) is 0.238. The summed E-state index contributed by atoms with van der Waals surface area (Å²) in [6, 6.07) is 2.82. The Morgan fingerprint density at radius 2 is 1.91 bits per heavy atom. The number of rotatable bonds is 3. The van der Waals surface area contributed by atoms with Crippen molar-refractivity contribution in [3.05, 3.63) is 58.9 Å². The number of amides is 1. The van der Waals surface area contributed by atoms with E-state index in [1.54, 1.807) is 0 Å². The van der Waals surface area contributed by atoms with E-state index in [1.165, 1.54) is 25.2 Å². The molecule has 1 fully saturated rings. The Hall–Kier alpha value is -3.47. The number of fused-ring (bicyclic) bond motifs is 3. The summed E-state index contributed by atoms with van der Waals surface area (Å²) in [5, 5.41) is 57.5. The monoisotopic (exact) mass is 442 g/mol. The molecule has 5 atom stereocenters. The van der Waals surface area contributed by atoms with Gasteiger partial charge in [0, 0.05) is 23.0 Å². The average Bonchev–Trinajstić information content (AvgIpc) is 2.74. The molecule has 3 aliphatic rings. The average molecular weight is 442 g/mol. The van der Waals surface area contributed by atoms with Crippen LogP contribution in [0.4, 0.5) is 0 Å². The molecule has 4 rings (SSSR count). The van der Waals surface area contributed by atoms with Crippen LogP contribution in [0.3, 0.4) is 0 Å². The van der Waals surface area contributed by atoms with E-state index in [-0.39, 0.29) is 17.5 Å². The number of nitrogens with two attached hydrogens (primary N) is 1. The molecule has 0 spiro atoms. The van der Waals surface area contributed by atoms with Gasteiger partial charge in [-0.05, 0) is 19.5 Å². The van der Waals surface area contributed by atoms with Crippen molar-refractivity contribution in [2.75, 3.05) is 7.05 Å². The molecule has 10 nitrogen and oxygen atoms in total. The zero-order chi connectivity index (χ0) is 23.7. The Kier molecular flexibility index (Phi) is 4.60. The van der Waals surface area contributed by atoms with Gasteiger partial charge in [-0.2, -0.15) is 0 Å². The number of benzene rings is 1. The number of carbonyl (C=O) groups excluding carboxylic acids is 3. The van der Waals surface area contributed by atoms with Gasteiger partial charge in [-0.25, -0.2) is 0 Å². The molecule has 168 valence electrons. The number of hydrogen-bond acceptors (Lipinski definition) is 9. The number of ketones is 2. The standard InChI is InChI=1S/C22H22N2O8/c1-3-21(31)8-5-4-6-11(25)12(8)16(26)13-9(21)7-10-15(24-2)17(27)14(20(23)30)19(29)22(10,32)18(13)28/h3-6,9-10,15,24-26,29,31-32H,1,7H2,2H3,(H2,23,30). The molecule has 0 radical (unpaired) electrons. The SMILES string of the molecule is C=CC1(O)c2cccc(O)c2C(O)=C2C(=O)C3(O)C(O)=C(C(N)=O)C(=O)C(NC)C3CC21. The van der Waals surface area contributed by atoms with Gasteiger partial charge in [-0.1, -0.05) is 24.8 Å². The van der Waals surface area contributed by atoms with E-state index in [4.69, 9.17) is 5.73 Å². The number of aliphatic hydroxyl groups excluding tert-OH is 2. The fourth-order valence-electron chi connectivity index (χ4n) is 5.32. The van der Waals surface area contributed by atoms with Gasteiger partial charge in [-0.3, -0.25) is 14.4 Å². The Morgan fingerprint density at radius 3 is 2.47 bits per heavy atom. The molecule has 10 heteroatoms. The Balaban J connectivity index is 2.07. The molecule has 1 aromatic rings. The molecule has 0 heterocycles. The number of primary amides is 1. The van der Waals surface area contributed by atoms with E-state index in [1.807, 2.05) is 0 Å². The molecule has 3 aliphatic carbocycles. The smallest absolute Gasteiger partial charge is 0.255 e. The third-order valence-corrected chi connectivity index (χ3v) is 6.86. The fourth-order valence-corrected chi connectivity index (χ4v) is 5.32. The molecule has 32 heavy (non-hydrogen) atoms. The predicted octanol–water partition coefficient (Wildman–Crippen LogP) is -0.547. The van der Waals surface area contributed by atoms with Crippen LogP contribution in [0.1, 0.15) is 17.5 Å². The summed E-state index contributed by atoms with van der Waals surface area (Å²) in [6.07, 6.45) is 0.871. The number of aliphatic hydroxyl groups is 4. The molecule has 8 N–H and O–H groups in total. The maximum atomic E-state index is 13.6. The molecule has 1 amide bonds. The second-order valence-electron chi connectivity index (χ2n) is 8.20. The Morgan fingerprint density at radius 1 is 1.25 bits per heavy atom. The third-order valence-electron chi connectivity index (χ3n) is 6.86. The minimum atomic E-state index is -2.78. The maximum Gasteiger partial charge on any atom is 0.255 e. The first-order chi connectivity index (χ1) is 15.0. The highest BCUT2D eigenvalue weighted by molar-refractivity contribution is 6.24. The highest BCUT2D eigenvalue weighted by Gasteiger charge is 2.66. The van der Waals surface area contributed by atoms with Gasteiger partial charge in [-0.15, -0.1) is 0 Å². The zero-order valence-electron chi connectivity index (χ0n) is 17.0. The van der Waals surface area contributed by atoms with Crippen LogP contribution in [0.15, 0.2) is 47.8 Å². The van der Waals surface area contributed by atoms with Crippen molar-refractivity contribution in [3.8, 4) is 5.75 Å². The highest BCUT2D eigenvalue weighted by atomic mass is 16.3. The van der Waals surface area contributed by atoms with Crippen molar-refractivity contribution in [1.29, 1.82) is 0 Å². The Bertz CT molecular complexity index is 1170. The molecule has 0 aromatic heterocycles. The van der Waals surface area contributed by atoms with Gasteiger partial charge in [0.05, 0.1) is 11.6 Å². The second-order valence-corrected chi connectivity index (χ2v) is 8.20. The van der Waals surface area contributed by atoms with Crippen molar-refractivity contribution in [1.82, 2.24) is 5.32 Å². The molecule has 1 saturated carbocycles. The van der Waals surface area contributed by atoms with Crippen molar-refractivity contribution in [2.24, 2.45) is 17.6 Å². The molecular formula is C22H22N2O8. The van der Waals surface area contributed by atoms with Crippen molar-refractivity contribution in [3.63, 3.8) is 0 Å². The summed E-state index contributed by atoms with van der Waals surface area (Å²) in [6.45, 7) is 3.64. The summed E-state index contributed by atoms with van der Waals surface area (Å²) in [7, 11) is 1.37. The largest absolute Gasteiger partial charge is 0.508 e. The summed E-state index contributed by atoms with van der Waals surface area (Å²) >= 11 is 0. The summed E-state index contributed by atoms with van der Waals surface area (Å²) in [5.74, 6) is -8.30. The lowest BCUT2D eigenvalue weighted by molar-refractivity contribution is -0.154. The van der Waals surface area contributed by atoms with Crippen LogP contribution < -0.4 is 11.1 Å². The highest BCUT2D eigenvalue weighted by Crippen LogP contribution is 2.57. The molecule has 0 bridgehead atoms. The first kappa shape index (κ1) is 21.8. The van der Waals surface area contributed by atoms with Crippen molar-refractivity contribution >= 4 is 23.2 Å². The lowest BCUT2D eigenvalue weighted by atomic mass is 9.54. The normalized spacial score (nSPS) is 34.0. The van der Waals surface area contributed by atoms with Crippen LogP contribution in [0.2, 0.25) is 0 Å². The van der Waals surface area contributed by atoms with E-state index in [0.717, 1.165) is 6.08 Å². The van der Waals surface area contributed by atoms with Crippen LogP contribution in [0, 0.1) is 11.8 Å². The summed E-state index contributed by atoms with van der Waals surface area (Å²) in [4.78, 5) is 38.3.